The predicted molar refractivity (Wildman–Crippen MR) is 67.9 cm³/mol. The van der Waals surface area contributed by atoms with Crippen LogP contribution in [0.2, 0.25) is 0 Å². The summed E-state index contributed by atoms with van der Waals surface area (Å²) >= 11 is 16.6. The minimum absolute atomic E-state index is 0.307. The van der Waals surface area contributed by atoms with E-state index in [2.05, 4.69) is 0 Å². The number of hydrogen-bond donors (Lipinski definition) is 1. The summed E-state index contributed by atoms with van der Waals surface area (Å²) in [6, 6.07) is 9.81. The standard InChI is InChI=1S/C11H7Cl3N2O/c12-11(13,14)10(16)8(6-15)9(17)7-4-2-1-3-5-7/h1-5H,16H2/b10-8-. The number of carbonyl (C=O) groups excluding carboxylic acids is 1. The SMILES string of the molecule is N#C/C(C(=O)c1ccccc1)=C(/N)C(Cl)(Cl)Cl. The smallest absolute Gasteiger partial charge is 0.231 e. The van der Waals surface area contributed by atoms with Gasteiger partial charge in [-0.05, 0) is 0 Å². The normalized spacial score (nSPS) is 12.6. The highest BCUT2D eigenvalue weighted by atomic mass is 35.6. The molecule has 0 radical (unpaired) electrons. The fraction of sp³-hybridized carbons (Fsp3) is 0.0909. The molecule has 0 aliphatic carbocycles. The molecule has 1 rings (SSSR count). The van der Waals surface area contributed by atoms with Crippen LogP contribution in [0.25, 0.3) is 0 Å². The maximum Gasteiger partial charge on any atom is 0.231 e. The Morgan fingerprint density at radius 1 is 1.24 bits per heavy atom. The summed E-state index contributed by atoms with van der Waals surface area (Å²) in [5, 5.41) is 8.91. The number of hydrogen-bond acceptors (Lipinski definition) is 3. The Morgan fingerprint density at radius 2 is 1.76 bits per heavy atom. The molecule has 88 valence electrons. The van der Waals surface area contributed by atoms with Gasteiger partial charge in [0.1, 0.15) is 11.6 Å². The van der Waals surface area contributed by atoms with E-state index < -0.39 is 9.58 Å². The monoisotopic (exact) mass is 288 g/mol. The van der Waals surface area contributed by atoms with E-state index in [9.17, 15) is 4.79 Å². The van der Waals surface area contributed by atoms with Crippen molar-refractivity contribution < 1.29 is 4.79 Å². The zero-order valence-electron chi connectivity index (χ0n) is 8.45. The molecule has 0 fully saturated rings. The van der Waals surface area contributed by atoms with Gasteiger partial charge in [-0.2, -0.15) is 5.26 Å². The summed E-state index contributed by atoms with van der Waals surface area (Å²) in [6.45, 7) is 0. The summed E-state index contributed by atoms with van der Waals surface area (Å²) in [7, 11) is 0. The van der Waals surface area contributed by atoms with E-state index in [1.54, 1.807) is 36.4 Å². The van der Waals surface area contributed by atoms with Gasteiger partial charge in [-0.15, -0.1) is 0 Å². The second-order valence-electron chi connectivity index (χ2n) is 3.09. The molecule has 17 heavy (non-hydrogen) atoms. The lowest BCUT2D eigenvalue weighted by atomic mass is 10.0. The summed E-state index contributed by atoms with van der Waals surface area (Å²) in [5.74, 6) is -0.572. The zero-order chi connectivity index (χ0) is 13.1. The molecule has 6 heteroatoms. The first-order valence-electron chi connectivity index (χ1n) is 4.44. The molecule has 0 saturated carbocycles. The zero-order valence-corrected chi connectivity index (χ0v) is 10.7. The van der Waals surface area contributed by atoms with Crippen molar-refractivity contribution in [3.8, 4) is 6.07 Å². The molecule has 0 atom stereocenters. The molecule has 1 aromatic rings. The molecule has 0 bridgehead atoms. The number of ketones is 1. The van der Waals surface area contributed by atoms with Gasteiger partial charge in [-0.3, -0.25) is 4.79 Å². The number of benzene rings is 1. The van der Waals surface area contributed by atoms with Crippen molar-refractivity contribution in [2.24, 2.45) is 5.73 Å². The summed E-state index contributed by atoms with van der Waals surface area (Å²) < 4.78 is -1.98. The Labute approximate surface area is 113 Å². The highest BCUT2D eigenvalue weighted by Gasteiger charge is 2.30. The van der Waals surface area contributed by atoms with E-state index in [-0.39, 0.29) is 11.3 Å². The van der Waals surface area contributed by atoms with Crippen LogP contribution in [-0.2, 0) is 0 Å². The van der Waals surface area contributed by atoms with Crippen molar-refractivity contribution in [1.29, 1.82) is 5.26 Å². The van der Waals surface area contributed by atoms with Crippen LogP contribution < -0.4 is 5.73 Å². The fourth-order valence-electron chi connectivity index (χ4n) is 1.11. The van der Waals surface area contributed by atoms with Gasteiger partial charge in [0.25, 0.3) is 0 Å². The van der Waals surface area contributed by atoms with Crippen LogP contribution in [-0.4, -0.2) is 9.58 Å². The fourth-order valence-corrected chi connectivity index (χ4v) is 1.39. The maximum atomic E-state index is 11.9. The molecule has 0 aromatic heterocycles. The molecule has 0 aliphatic rings. The van der Waals surface area contributed by atoms with Crippen molar-refractivity contribution in [2.45, 2.75) is 3.79 Å². The first-order valence-corrected chi connectivity index (χ1v) is 5.58. The average molecular weight is 290 g/mol. The second kappa shape index (κ2) is 5.42. The Hall–Kier alpha value is -1.21. The van der Waals surface area contributed by atoms with Gasteiger partial charge in [0.15, 0.2) is 0 Å². The van der Waals surface area contributed by atoms with Gasteiger partial charge < -0.3 is 5.73 Å². The third kappa shape index (κ3) is 3.37. The van der Waals surface area contributed by atoms with Crippen molar-refractivity contribution >= 4 is 40.6 Å². The van der Waals surface area contributed by atoms with Gasteiger partial charge in [0.2, 0.25) is 9.58 Å². The van der Waals surface area contributed by atoms with Crippen molar-refractivity contribution in [3.63, 3.8) is 0 Å². The number of alkyl halides is 3. The Kier molecular flexibility index (Phi) is 4.41. The van der Waals surface area contributed by atoms with E-state index in [4.69, 9.17) is 45.8 Å². The molecule has 0 amide bonds. The molecular weight excluding hydrogens is 282 g/mol. The first kappa shape index (κ1) is 13.9. The van der Waals surface area contributed by atoms with Gasteiger partial charge in [-0.25, -0.2) is 0 Å². The van der Waals surface area contributed by atoms with Gasteiger partial charge in [0.05, 0.1) is 5.70 Å². The lowest BCUT2D eigenvalue weighted by Gasteiger charge is -2.12. The number of nitrogens with zero attached hydrogens (tertiary/aromatic N) is 1. The van der Waals surface area contributed by atoms with Gasteiger partial charge >= 0.3 is 0 Å². The maximum absolute atomic E-state index is 11.9. The number of nitriles is 1. The summed E-state index contributed by atoms with van der Waals surface area (Å²) in [5.41, 5.74) is 5.05. The van der Waals surface area contributed by atoms with Crippen LogP contribution in [0, 0.1) is 11.3 Å². The molecule has 0 spiro atoms. The van der Waals surface area contributed by atoms with E-state index in [1.807, 2.05) is 0 Å². The van der Waals surface area contributed by atoms with Crippen LogP contribution >= 0.6 is 34.8 Å². The van der Waals surface area contributed by atoms with E-state index in [1.165, 1.54) is 0 Å². The predicted octanol–water partition coefficient (Wildman–Crippen LogP) is 2.98. The van der Waals surface area contributed by atoms with E-state index in [0.717, 1.165) is 0 Å². The minimum atomic E-state index is -1.98. The number of halogens is 3. The minimum Gasteiger partial charge on any atom is -0.397 e. The molecule has 0 aliphatic heterocycles. The quantitative estimate of drug-likeness (QED) is 0.394. The molecule has 0 heterocycles. The topological polar surface area (TPSA) is 66.9 Å². The average Bonchev–Trinajstić information content (AvgIpc) is 2.29. The number of Topliss-reactive ketones (excluding diaryl/α,β-unsaturated/α-hetero) is 1. The molecule has 2 N–H and O–H groups in total. The third-order valence-electron chi connectivity index (χ3n) is 1.95. The first-order chi connectivity index (χ1) is 7.88. The van der Waals surface area contributed by atoms with E-state index in [0.29, 0.717) is 5.56 Å². The highest BCUT2D eigenvalue weighted by molar-refractivity contribution is 6.69. The Balaban J connectivity index is 3.24. The Morgan fingerprint density at radius 3 is 2.18 bits per heavy atom. The van der Waals surface area contributed by atoms with Crippen molar-refractivity contribution in [2.75, 3.05) is 0 Å². The molecule has 0 unspecified atom stereocenters. The van der Waals surface area contributed by atoms with Crippen molar-refractivity contribution in [3.05, 3.63) is 47.2 Å². The number of allylic oxidation sites excluding steroid dienone is 2. The molecule has 3 nitrogen and oxygen atoms in total. The van der Waals surface area contributed by atoms with Crippen LogP contribution in [0.15, 0.2) is 41.6 Å². The lowest BCUT2D eigenvalue weighted by molar-refractivity contribution is 0.103. The number of carbonyl (C=O) groups is 1. The van der Waals surface area contributed by atoms with Crippen LogP contribution in [0.3, 0.4) is 0 Å². The third-order valence-corrected chi connectivity index (χ3v) is 2.56. The van der Waals surface area contributed by atoms with Crippen LogP contribution in [0.4, 0.5) is 0 Å². The number of rotatable bonds is 2. The molecule has 0 saturated heterocycles. The lowest BCUT2D eigenvalue weighted by Crippen LogP contribution is -2.21. The van der Waals surface area contributed by atoms with E-state index >= 15 is 0 Å². The molecule has 1 aromatic carbocycles. The summed E-state index contributed by atoms with van der Waals surface area (Å²) in [4.78, 5) is 11.9. The van der Waals surface area contributed by atoms with Crippen LogP contribution in [0.5, 0.6) is 0 Å². The van der Waals surface area contributed by atoms with Gasteiger partial charge in [0, 0.05) is 5.56 Å². The number of nitrogens with two attached hydrogens (primary N) is 1. The van der Waals surface area contributed by atoms with Gasteiger partial charge in [-0.1, -0.05) is 65.1 Å². The molecular formula is C11H7Cl3N2O. The summed E-state index contributed by atoms with van der Waals surface area (Å²) in [6.07, 6.45) is 0. The highest BCUT2D eigenvalue weighted by Crippen LogP contribution is 2.33. The van der Waals surface area contributed by atoms with Crippen LogP contribution in [0.1, 0.15) is 10.4 Å². The van der Waals surface area contributed by atoms with Crippen molar-refractivity contribution in [1.82, 2.24) is 0 Å². The largest absolute Gasteiger partial charge is 0.397 e. The second-order valence-corrected chi connectivity index (χ2v) is 5.37. The Bertz CT molecular complexity index is 498.